The Bertz CT molecular complexity index is 347. The van der Waals surface area contributed by atoms with E-state index < -0.39 is 8.32 Å². The average molecular weight is 299 g/mol. The first kappa shape index (κ1) is 16.5. The fourth-order valence-electron chi connectivity index (χ4n) is 3.65. The molecule has 0 aromatic rings. The summed E-state index contributed by atoms with van der Waals surface area (Å²) in [5.74, 6) is 1.41. The van der Waals surface area contributed by atoms with Crippen LogP contribution in [0.5, 0.6) is 0 Å². The number of fused-ring (bicyclic) bond motifs is 1. The van der Waals surface area contributed by atoms with Crippen molar-refractivity contribution in [2.45, 2.75) is 84.0 Å². The Kier molecular flexibility index (Phi) is 4.46. The SMILES string of the molecule is CC(C)(C)[Si](C)(C)OCCC[C@@]1(C)CC[C@H](O)[C@@H]2C[C@@H]21. The minimum Gasteiger partial charge on any atom is -0.417 e. The molecule has 0 heterocycles. The molecular weight excluding hydrogens is 264 g/mol. The van der Waals surface area contributed by atoms with Crippen molar-refractivity contribution < 1.29 is 9.53 Å². The topological polar surface area (TPSA) is 29.5 Å². The van der Waals surface area contributed by atoms with E-state index in [1.165, 1.54) is 25.7 Å². The number of aliphatic hydroxyl groups excluding tert-OH is 1. The molecule has 2 rings (SSSR count). The summed E-state index contributed by atoms with van der Waals surface area (Å²) in [5.41, 5.74) is 0.473. The van der Waals surface area contributed by atoms with Gasteiger partial charge in [0.1, 0.15) is 0 Å². The van der Waals surface area contributed by atoms with E-state index >= 15 is 0 Å². The van der Waals surface area contributed by atoms with Crippen molar-refractivity contribution in [2.75, 3.05) is 6.61 Å². The van der Waals surface area contributed by atoms with Crippen molar-refractivity contribution in [1.82, 2.24) is 0 Å². The van der Waals surface area contributed by atoms with Crippen LogP contribution in [-0.2, 0) is 4.43 Å². The average Bonchev–Trinajstić information content (AvgIpc) is 3.10. The molecule has 118 valence electrons. The van der Waals surface area contributed by atoms with Crippen molar-refractivity contribution in [2.24, 2.45) is 17.3 Å². The summed E-state index contributed by atoms with van der Waals surface area (Å²) in [6.07, 6.45) is 5.94. The lowest BCUT2D eigenvalue weighted by molar-refractivity contribution is 0.0525. The fraction of sp³-hybridized carbons (Fsp3) is 1.00. The maximum Gasteiger partial charge on any atom is 0.191 e. The zero-order valence-corrected chi connectivity index (χ0v) is 15.3. The van der Waals surface area contributed by atoms with Crippen LogP contribution in [0, 0.1) is 17.3 Å². The van der Waals surface area contributed by atoms with Gasteiger partial charge in [-0.2, -0.15) is 0 Å². The summed E-state index contributed by atoms with van der Waals surface area (Å²) in [6, 6.07) is 0. The Labute approximate surface area is 126 Å². The standard InChI is InChI=1S/C17H34O2Si/c1-16(2,3)20(5,6)19-11-7-9-17(4)10-8-15(18)13-12-14(13)17/h13-15,18H,7-12H2,1-6H3/t13-,14+,15+,17+/m1/s1. The van der Waals surface area contributed by atoms with Crippen LogP contribution in [0.1, 0.15) is 59.8 Å². The van der Waals surface area contributed by atoms with Gasteiger partial charge in [0.25, 0.3) is 0 Å². The molecule has 1 N–H and O–H groups in total. The van der Waals surface area contributed by atoms with Gasteiger partial charge < -0.3 is 9.53 Å². The molecule has 2 fully saturated rings. The first-order valence-electron chi connectivity index (χ1n) is 8.39. The second-order valence-electron chi connectivity index (χ2n) is 8.98. The summed E-state index contributed by atoms with van der Waals surface area (Å²) in [5, 5.41) is 10.2. The van der Waals surface area contributed by atoms with Gasteiger partial charge in [0, 0.05) is 6.61 Å². The van der Waals surface area contributed by atoms with Crippen LogP contribution >= 0.6 is 0 Å². The Balaban J connectivity index is 1.74. The van der Waals surface area contributed by atoms with E-state index in [1.54, 1.807) is 0 Å². The van der Waals surface area contributed by atoms with Crippen LogP contribution in [0.3, 0.4) is 0 Å². The van der Waals surface area contributed by atoms with E-state index in [1.807, 2.05) is 0 Å². The quantitative estimate of drug-likeness (QED) is 0.594. The van der Waals surface area contributed by atoms with Gasteiger partial charge in [0.15, 0.2) is 8.32 Å². The van der Waals surface area contributed by atoms with Crippen LogP contribution < -0.4 is 0 Å². The zero-order chi connectivity index (χ0) is 15.2. The van der Waals surface area contributed by atoms with E-state index in [0.29, 0.717) is 16.4 Å². The summed E-state index contributed by atoms with van der Waals surface area (Å²) in [6.45, 7) is 14.9. The Morgan fingerprint density at radius 1 is 1.30 bits per heavy atom. The molecule has 0 aliphatic heterocycles. The molecule has 2 nitrogen and oxygen atoms in total. The molecule has 0 unspecified atom stereocenters. The molecule has 4 atom stereocenters. The predicted molar refractivity (Wildman–Crippen MR) is 87.3 cm³/mol. The van der Waals surface area contributed by atoms with Gasteiger partial charge in [-0.15, -0.1) is 0 Å². The molecule has 20 heavy (non-hydrogen) atoms. The predicted octanol–water partition coefficient (Wildman–Crippen LogP) is 4.59. The van der Waals surface area contributed by atoms with Crippen LogP contribution in [0.25, 0.3) is 0 Å². The van der Waals surface area contributed by atoms with E-state index in [-0.39, 0.29) is 6.10 Å². The summed E-state index contributed by atoms with van der Waals surface area (Å²) >= 11 is 0. The van der Waals surface area contributed by atoms with Crippen molar-refractivity contribution in [3.8, 4) is 0 Å². The second kappa shape index (κ2) is 5.40. The smallest absolute Gasteiger partial charge is 0.191 e. The molecule has 0 aromatic heterocycles. The maximum atomic E-state index is 9.90. The Morgan fingerprint density at radius 2 is 1.95 bits per heavy atom. The summed E-state index contributed by atoms with van der Waals surface area (Å²) in [4.78, 5) is 0. The largest absolute Gasteiger partial charge is 0.417 e. The van der Waals surface area contributed by atoms with Crippen LogP contribution in [0.15, 0.2) is 0 Å². The third kappa shape index (κ3) is 3.31. The molecule has 3 heteroatoms. The third-order valence-electron chi connectivity index (χ3n) is 6.40. The number of rotatable bonds is 5. The van der Waals surface area contributed by atoms with Crippen molar-refractivity contribution in [3.63, 3.8) is 0 Å². The lowest BCUT2D eigenvalue weighted by atomic mass is 9.71. The van der Waals surface area contributed by atoms with Gasteiger partial charge in [-0.3, -0.25) is 0 Å². The highest BCUT2D eigenvalue weighted by Crippen LogP contribution is 2.60. The molecule has 2 saturated carbocycles. The fourth-order valence-corrected chi connectivity index (χ4v) is 4.74. The first-order valence-corrected chi connectivity index (χ1v) is 11.3. The molecule has 0 aromatic carbocycles. The Morgan fingerprint density at radius 3 is 2.55 bits per heavy atom. The van der Waals surface area contributed by atoms with E-state index in [2.05, 4.69) is 40.8 Å². The molecule has 0 amide bonds. The molecule has 2 aliphatic rings. The third-order valence-corrected chi connectivity index (χ3v) is 10.9. The lowest BCUT2D eigenvalue weighted by Crippen LogP contribution is -2.41. The van der Waals surface area contributed by atoms with Crippen molar-refractivity contribution >= 4 is 8.32 Å². The molecule has 0 spiro atoms. The highest BCUT2D eigenvalue weighted by molar-refractivity contribution is 6.74. The molecule has 0 saturated heterocycles. The van der Waals surface area contributed by atoms with Crippen molar-refractivity contribution in [3.05, 3.63) is 0 Å². The van der Waals surface area contributed by atoms with Crippen LogP contribution in [0.2, 0.25) is 18.1 Å². The zero-order valence-electron chi connectivity index (χ0n) is 14.3. The second-order valence-corrected chi connectivity index (χ2v) is 13.8. The van der Waals surface area contributed by atoms with Gasteiger partial charge in [0.05, 0.1) is 6.10 Å². The summed E-state index contributed by atoms with van der Waals surface area (Å²) in [7, 11) is -1.57. The van der Waals surface area contributed by atoms with E-state index in [4.69, 9.17) is 4.43 Å². The van der Waals surface area contributed by atoms with Crippen molar-refractivity contribution in [1.29, 1.82) is 0 Å². The number of aliphatic hydroxyl groups is 1. The minimum atomic E-state index is -1.57. The lowest BCUT2D eigenvalue weighted by Gasteiger charge is -2.38. The monoisotopic (exact) mass is 298 g/mol. The minimum absolute atomic E-state index is 0.00319. The summed E-state index contributed by atoms with van der Waals surface area (Å²) < 4.78 is 6.29. The number of hydrogen-bond acceptors (Lipinski definition) is 2. The highest BCUT2D eigenvalue weighted by atomic mass is 28.4. The normalized spacial score (nSPS) is 37.6. The van der Waals surface area contributed by atoms with Crippen LogP contribution in [-0.4, -0.2) is 26.1 Å². The molecular formula is C17H34O2Si. The molecule has 2 aliphatic carbocycles. The highest BCUT2D eigenvalue weighted by Gasteiger charge is 2.55. The maximum absolute atomic E-state index is 9.90. The Hall–Kier alpha value is 0.137. The molecule has 0 bridgehead atoms. The first-order chi connectivity index (χ1) is 9.07. The van der Waals surface area contributed by atoms with E-state index in [0.717, 1.165) is 18.9 Å². The van der Waals surface area contributed by atoms with Gasteiger partial charge in [-0.25, -0.2) is 0 Å². The van der Waals surface area contributed by atoms with E-state index in [9.17, 15) is 5.11 Å². The van der Waals surface area contributed by atoms with Gasteiger partial charge in [0.2, 0.25) is 0 Å². The van der Waals surface area contributed by atoms with Gasteiger partial charge >= 0.3 is 0 Å². The van der Waals surface area contributed by atoms with Crippen LogP contribution in [0.4, 0.5) is 0 Å². The number of hydrogen-bond donors (Lipinski definition) is 1. The van der Waals surface area contributed by atoms with Gasteiger partial charge in [-0.05, 0) is 67.5 Å². The van der Waals surface area contributed by atoms with Gasteiger partial charge in [-0.1, -0.05) is 27.7 Å². The molecule has 0 radical (unpaired) electrons.